The quantitative estimate of drug-likeness (QED) is 0.158. The molecule has 0 aliphatic rings. The summed E-state index contributed by atoms with van der Waals surface area (Å²) in [6.45, 7) is 0. The molecule has 0 bridgehead atoms. The second-order valence-corrected chi connectivity index (χ2v) is 14.6. The molecular formula is C56H38N2. The van der Waals surface area contributed by atoms with E-state index in [0.29, 0.717) is 17.1 Å². The van der Waals surface area contributed by atoms with Gasteiger partial charge in [-0.1, -0.05) is 170 Å². The highest BCUT2D eigenvalue weighted by molar-refractivity contribution is 6.16. The van der Waals surface area contributed by atoms with Crippen molar-refractivity contribution in [3.05, 3.63) is 230 Å². The summed E-state index contributed by atoms with van der Waals surface area (Å²) in [5.74, 6) is 0. The number of benzene rings is 10. The Bertz CT molecular complexity index is 3350. The van der Waals surface area contributed by atoms with Crippen molar-refractivity contribution < 1.29 is 5.48 Å². The maximum atomic E-state index is 9.66. The first-order chi connectivity index (χ1) is 30.4. The summed E-state index contributed by atoms with van der Waals surface area (Å²) in [6.07, 6.45) is 0. The number of fused-ring (bicyclic) bond motifs is 5. The van der Waals surface area contributed by atoms with Crippen LogP contribution in [0.5, 0.6) is 0 Å². The average Bonchev–Trinajstić information content (AvgIpc) is 3.65. The largest absolute Gasteiger partial charge is 0.310 e. The number of aromatic nitrogens is 1. The van der Waals surface area contributed by atoms with Crippen LogP contribution in [-0.4, -0.2) is 4.57 Å². The fraction of sp³-hybridized carbons (Fsp3) is 0. The van der Waals surface area contributed by atoms with Gasteiger partial charge in [-0.15, -0.1) is 0 Å². The predicted octanol–water partition coefficient (Wildman–Crippen LogP) is 15.6. The number of anilines is 3. The summed E-state index contributed by atoms with van der Waals surface area (Å²) in [7, 11) is 0. The molecule has 0 N–H and O–H groups in total. The van der Waals surface area contributed by atoms with Crippen LogP contribution in [0, 0.1) is 0 Å². The molecule has 2 nitrogen and oxygen atoms in total. The molecule has 0 aliphatic heterocycles. The van der Waals surface area contributed by atoms with E-state index in [4.69, 9.17) is 0 Å². The summed E-state index contributed by atoms with van der Waals surface area (Å²) < 4.78 is 40.9. The molecule has 11 rings (SSSR count). The SMILES string of the molecule is [2H]c1cc(-c2cccc3ccccc23)cc([2H])c1N(c1cccc(-c2cccc3c2c2ccccc2n3-c2ccccc2)c1)c1c([2H])cc(-c2cccc3ccccc23)cc1[2H]. The molecule has 0 fully saturated rings. The van der Waals surface area contributed by atoms with E-state index in [-0.39, 0.29) is 24.2 Å². The van der Waals surface area contributed by atoms with Crippen molar-refractivity contribution in [3.63, 3.8) is 0 Å². The van der Waals surface area contributed by atoms with Crippen LogP contribution in [0.4, 0.5) is 17.1 Å². The maximum Gasteiger partial charge on any atom is 0.0645 e. The highest BCUT2D eigenvalue weighted by Gasteiger charge is 2.19. The zero-order chi connectivity index (χ0) is 41.9. The lowest BCUT2D eigenvalue weighted by Gasteiger charge is -2.26. The van der Waals surface area contributed by atoms with Crippen molar-refractivity contribution in [3.8, 4) is 39.1 Å². The summed E-state index contributed by atoms with van der Waals surface area (Å²) in [5, 5.41) is 6.48. The maximum absolute atomic E-state index is 9.66. The standard InChI is InChI=1S/C56H38N2/c1-2-19-44(20-3-1)58-54-28-9-8-24-53(54)56-52(27-13-29-55(56)58)43-18-10-21-47(38-43)57(45-34-30-41(31-35-45)50-25-11-16-39-14-4-6-22-48(39)50)46-36-32-42(33-37-46)51-26-12-17-40-15-5-7-23-49(40)51/h1-38H/i34D,35D,36D,37D. The van der Waals surface area contributed by atoms with Crippen molar-refractivity contribution in [2.24, 2.45) is 0 Å². The molecule has 1 aromatic heterocycles. The molecule has 58 heavy (non-hydrogen) atoms. The summed E-state index contributed by atoms with van der Waals surface area (Å²) in [5.41, 5.74) is 9.86. The molecule has 0 amide bonds. The smallest absolute Gasteiger partial charge is 0.0645 e. The number of rotatable bonds is 7. The third-order valence-corrected chi connectivity index (χ3v) is 11.2. The van der Waals surface area contributed by atoms with Crippen LogP contribution in [0.3, 0.4) is 0 Å². The minimum Gasteiger partial charge on any atom is -0.310 e. The normalized spacial score (nSPS) is 12.4. The van der Waals surface area contributed by atoms with Crippen LogP contribution in [-0.2, 0) is 0 Å². The average molecular weight is 743 g/mol. The van der Waals surface area contributed by atoms with E-state index in [1.165, 1.54) is 0 Å². The van der Waals surface area contributed by atoms with Gasteiger partial charge in [-0.2, -0.15) is 0 Å². The zero-order valence-electron chi connectivity index (χ0n) is 35.5. The fourth-order valence-electron chi connectivity index (χ4n) is 8.57. The minimum atomic E-state index is 0.121. The van der Waals surface area contributed by atoms with Gasteiger partial charge < -0.3 is 9.47 Å². The lowest BCUT2D eigenvalue weighted by molar-refractivity contribution is 1.18. The summed E-state index contributed by atoms with van der Waals surface area (Å²) in [6, 6.07) is 69.6. The molecule has 0 unspecified atom stereocenters. The molecule has 2 heteroatoms. The number of nitrogens with zero attached hydrogens (tertiary/aromatic N) is 2. The molecular weight excluding hydrogens is 701 g/mol. The van der Waals surface area contributed by atoms with E-state index in [0.717, 1.165) is 82.4 Å². The van der Waals surface area contributed by atoms with Crippen LogP contribution < -0.4 is 4.90 Å². The van der Waals surface area contributed by atoms with Gasteiger partial charge in [0.25, 0.3) is 0 Å². The Kier molecular flexibility index (Phi) is 7.20. The van der Waals surface area contributed by atoms with Crippen molar-refractivity contribution >= 4 is 60.4 Å². The Labute approximate surface area is 343 Å². The second-order valence-electron chi connectivity index (χ2n) is 14.6. The van der Waals surface area contributed by atoms with Gasteiger partial charge in [-0.3, -0.25) is 0 Å². The van der Waals surface area contributed by atoms with Crippen molar-refractivity contribution in [1.29, 1.82) is 0 Å². The molecule has 0 saturated carbocycles. The van der Waals surface area contributed by atoms with Gasteiger partial charge in [-0.05, 0) is 115 Å². The van der Waals surface area contributed by atoms with E-state index >= 15 is 0 Å². The first-order valence-corrected chi connectivity index (χ1v) is 19.6. The number of hydrogen-bond acceptors (Lipinski definition) is 1. The first kappa shape index (κ1) is 29.6. The van der Waals surface area contributed by atoms with Crippen LogP contribution in [0.25, 0.3) is 82.4 Å². The molecule has 0 aliphatic carbocycles. The molecule has 10 aromatic carbocycles. The van der Waals surface area contributed by atoms with Gasteiger partial charge in [0.1, 0.15) is 0 Å². The van der Waals surface area contributed by atoms with E-state index in [1.54, 1.807) is 4.90 Å². The minimum absolute atomic E-state index is 0.121. The Balaban J connectivity index is 1.13. The number of para-hydroxylation sites is 2. The highest BCUT2D eigenvalue weighted by Crippen LogP contribution is 2.43. The Morgan fingerprint density at radius 1 is 0.345 bits per heavy atom. The van der Waals surface area contributed by atoms with E-state index < -0.39 is 0 Å². The van der Waals surface area contributed by atoms with Gasteiger partial charge in [0, 0.05) is 33.5 Å². The van der Waals surface area contributed by atoms with E-state index in [1.807, 2.05) is 91.0 Å². The topological polar surface area (TPSA) is 8.17 Å². The van der Waals surface area contributed by atoms with Gasteiger partial charge in [0.05, 0.1) is 16.5 Å². The monoisotopic (exact) mass is 742 g/mol. The fourth-order valence-corrected chi connectivity index (χ4v) is 8.57. The molecule has 0 atom stereocenters. The first-order valence-electron chi connectivity index (χ1n) is 21.6. The third kappa shape index (κ3) is 5.74. The van der Waals surface area contributed by atoms with E-state index in [2.05, 4.69) is 120 Å². The molecule has 0 spiro atoms. The van der Waals surface area contributed by atoms with Crippen LogP contribution >= 0.6 is 0 Å². The van der Waals surface area contributed by atoms with Gasteiger partial charge in [0.15, 0.2) is 0 Å². The lowest BCUT2D eigenvalue weighted by atomic mass is 9.97. The third-order valence-electron chi connectivity index (χ3n) is 11.2. The summed E-state index contributed by atoms with van der Waals surface area (Å²) in [4.78, 5) is 1.78. The molecule has 0 radical (unpaired) electrons. The molecule has 0 saturated heterocycles. The Morgan fingerprint density at radius 2 is 0.828 bits per heavy atom. The van der Waals surface area contributed by atoms with Crippen molar-refractivity contribution in [2.45, 2.75) is 0 Å². The van der Waals surface area contributed by atoms with Gasteiger partial charge >= 0.3 is 0 Å². The summed E-state index contributed by atoms with van der Waals surface area (Å²) >= 11 is 0. The van der Waals surface area contributed by atoms with Crippen LogP contribution in [0.2, 0.25) is 0 Å². The second kappa shape index (κ2) is 14.1. The molecule has 272 valence electrons. The van der Waals surface area contributed by atoms with Crippen LogP contribution in [0.1, 0.15) is 5.48 Å². The van der Waals surface area contributed by atoms with Gasteiger partial charge in [0.2, 0.25) is 0 Å². The highest BCUT2D eigenvalue weighted by atomic mass is 15.1. The number of hydrogen-bond donors (Lipinski definition) is 0. The Morgan fingerprint density at radius 3 is 1.47 bits per heavy atom. The van der Waals surface area contributed by atoms with Crippen LogP contribution in [0.15, 0.2) is 230 Å². The van der Waals surface area contributed by atoms with Gasteiger partial charge in [-0.25, -0.2) is 0 Å². The molecule has 1 heterocycles. The van der Waals surface area contributed by atoms with Crippen molar-refractivity contribution in [2.75, 3.05) is 4.90 Å². The zero-order valence-corrected chi connectivity index (χ0v) is 31.5. The molecule has 11 aromatic rings. The lowest BCUT2D eigenvalue weighted by Crippen LogP contribution is -2.10. The Hall–Kier alpha value is -7.68. The van der Waals surface area contributed by atoms with Crippen molar-refractivity contribution in [1.82, 2.24) is 4.57 Å². The predicted molar refractivity (Wildman–Crippen MR) is 247 cm³/mol. The van der Waals surface area contributed by atoms with E-state index in [9.17, 15) is 5.48 Å².